The standard InChI is InChI=1S/C20H15F2NO3S/c1-2-26-20(25)18-16(23-19(24)14-5-3-4-6-15(14)22)11-17(27-18)12-7-9-13(21)10-8-12/h3-11H,2H2,1H3,(H,23,24). The van der Waals surface area contributed by atoms with E-state index >= 15 is 0 Å². The van der Waals surface area contributed by atoms with Crippen molar-refractivity contribution in [1.29, 1.82) is 0 Å². The molecular weight excluding hydrogens is 372 g/mol. The van der Waals surface area contributed by atoms with Crippen LogP contribution in [0.25, 0.3) is 10.4 Å². The van der Waals surface area contributed by atoms with Crippen LogP contribution in [0.4, 0.5) is 14.5 Å². The molecule has 0 atom stereocenters. The van der Waals surface area contributed by atoms with Crippen molar-refractivity contribution in [3.8, 4) is 10.4 Å². The second-order valence-electron chi connectivity index (χ2n) is 5.51. The molecule has 0 bridgehead atoms. The van der Waals surface area contributed by atoms with Crippen molar-refractivity contribution in [2.75, 3.05) is 11.9 Å². The highest BCUT2D eigenvalue weighted by atomic mass is 32.1. The summed E-state index contributed by atoms with van der Waals surface area (Å²) in [7, 11) is 0. The van der Waals surface area contributed by atoms with Gasteiger partial charge in [-0.05, 0) is 42.8 Å². The third-order valence-electron chi connectivity index (χ3n) is 3.69. The van der Waals surface area contributed by atoms with Crippen LogP contribution in [0.2, 0.25) is 0 Å². The molecule has 27 heavy (non-hydrogen) atoms. The minimum atomic E-state index is -0.679. The first-order valence-corrected chi connectivity index (χ1v) is 8.94. The van der Waals surface area contributed by atoms with Crippen LogP contribution in [0, 0.1) is 11.6 Å². The van der Waals surface area contributed by atoms with Crippen molar-refractivity contribution in [2.24, 2.45) is 0 Å². The van der Waals surface area contributed by atoms with Crippen LogP contribution in [-0.4, -0.2) is 18.5 Å². The van der Waals surface area contributed by atoms with Crippen molar-refractivity contribution in [3.63, 3.8) is 0 Å². The van der Waals surface area contributed by atoms with Gasteiger partial charge in [-0.2, -0.15) is 0 Å². The normalized spacial score (nSPS) is 10.5. The zero-order chi connectivity index (χ0) is 19.4. The van der Waals surface area contributed by atoms with Crippen LogP contribution in [0.1, 0.15) is 27.0 Å². The number of hydrogen-bond donors (Lipinski definition) is 1. The fraction of sp³-hybridized carbons (Fsp3) is 0.100. The number of thiophene rings is 1. The number of amides is 1. The molecule has 3 aromatic rings. The molecule has 138 valence electrons. The number of hydrogen-bond acceptors (Lipinski definition) is 4. The molecule has 0 aliphatic carbocycles. The maximum Gasteiger partial charge on any atom is 0.350 e. The Balaban J connectivity index is 1.97. The summed E-state index contributed by atoms with van der Waals surface area (Å²) >= 11 is 1.10. The van der Waals surface area contributed by atoms with Gasteiger partial charge in [0.05, 0.1) is 17.9 Å². The number of carbonyl (C=O) groups excluding carboxylic acids is 2. The van der Waals surface area contributed by atoms with E-state index < -0.39 is 17.7 Å². The Labute approximate surface area is 158 Å². The number of carbonyl (C=O) groups is 2. The number of esters is 1. The van der Waals surface area contributed by atoms with E-state index in [1.54, 1.807) is 31.2 Å². The van der Waals surface area contributed by atoms with Crippen molar-refractivity contribution >= 4 is 28.9 Å². The van der Waals surface area contributed by atoms with Crippen molar-refractivity contribution in [3.05, 3.63) is 76.7 Å². The molecular formula is C20H15F2NO3S. The highest BCUT2D eigenvalue weighted by Crippen LogP contribution is 2.35. The van der Waals surface area contributed by atoms with Gasteiger partial charge in [0.2, 0.25) is 0 Å². The summed E-state index contributed by atoms with van der Waals surface area (Å²) in [5.41, 5.74) is 0.756. The maximum absolute atomic E-state index is 13.8. The average Bonchev–Trinajstić information content (AvgIpc) is 3.06. The first-order valence-electron chi connectivity index (χ1n) is 8.12. The lowest BCUT2D eigenvalue weighted by Crippen LogP contribution is -2.15. The quantitative estimate of drug-likeness (QED) is 0.618. The molecule has 7 heteroatoms. The first-order chi connectivity index (χ1) is 13.0. The monoisotopic (exact) mass is 387 g/mol. The molecule has 0 unspecified atom stereocenters. The predicted molar refractivity (Wildman–Crippen MR) is 100 cm³/mol. The molecule has 0 saturated heterocycles. The highest BCUT2D eigenvalue weighted by molar-refractivity contribution is 7.18. The van der Waals surface area contributed by atoms with E-state index in [-0.39, 0.29) is 28.6 Å². The number of anilines is 1. The lowest BCUT2D eigenvalue weighted by Gasteiger charge is -2.06. The van der Waals surface area contributed by atoms with Gasteiger partial charge in [0.15, 0.2) is 0 Å². The van der Waals surface area contributed by atoms with E-state index in [4.69, 9.17) is 4.74 Å². The van der Waals surface area contributed by atoms with Crippen LogP contribution >= 0.6 is 11.3 Å². The van der Waals surface area contributed by atoms with Gasteiger partial charge in [-0.1, -0.05) is 24.3 Å². The third-order valence-corrected chi connectivity index (χ3v) is 4.85. The van der Waals surface area contributed by atoms with Gasteiger partial charge < -0.3 is 10.1 Å². The molecule has 0 aliphatic heterocycles. The Bertz CT molecular complexity index is 983. The van der Waals surface area contributed by atoms with E-state index in [2.05, 4.69) is 5.32 Å². The lowest BCUT2D eigenvalue weighted by molar-refractivity contribution is 0.0533. The SMILES string of the molecule is CCOC(=O)c1sc(-c2ccc(F)cc2)cc1NC(=O)c1ccccc1F. The number of nitrogens with one attached hydrogen (secondary N) is 1. The summed E-state index contributed by atoms with van der Waals surface area (Å²) in [6.07, 6.45) is 0. The molecule has 2 aromatic carbocycles. The van der Waals surface area contributed by atoms with E-state index in [0.717, 1.165) is 11.3 Å². The molecule has 0 fully saturated rings. The Kier molecular flexibility index (Phi) is 5.61. The third kappa shape index (κ3) is 4.20. The first kappa shape index (κ1) is 18.7. The van der Waals surface area contributed by atoms with Crippen LogP contribution < -0.4 is 5.32 Å². The molecule has 1 amide bonds. The number of ether oxygens (including phenoxy) is 1. The smallest absolute Gasteiger partial charge is 0.350 e. The number of benzene rings is 2. The summed E-state index contributed by atoms with van der Waals surface area (Å²) in [5, 5.41) is 2.57. The van der Waals surface area contributed by atoms with Crippen LogP contribution in [0.15, 0.2) is 54.6 Å². The zero-order valence-corrected chi connectivity index (χ0v) is 15.1. The van der Waals surface area contributed by atoms with E-state index in [0.29, 0.717) is 10.4 Å². The predicted octanol–water partition coefficient (Wildman–Crippen LogP) is 5.12. The maximum atomic E-state index is 13.8. The minimum absolute atomic E-state index is 0.137. The van der Waals surface area contributed by atoms with Gasteiger partial charge in [0.1, 0.15) is 16.5 Å². The van der Waals surface area contributed by atoms with Crippen molar-refractivity contribution in [1.82, 2.24) is 0 Å². The molecule has 1 N–H and O–H groups in total. The molecule has 0 radical (unpaired) electrons. The molecule has 0 spiro atoms. The second kappa shape index (κ2) is 8.09. The van der Waals surface area contributed by atoms with Gasteiger partial charge in [-0.25, -0.2) is 13.6 Å². The topological polar surface area (TPSA) is 55.4 Å². The Morgan fingerprint density at radius 1 is 1.07 bits per heavy atom. The molecule has 0 aliphatic rings. The second-order valence-corrected chi connectivity index (χ2v) is 6.57. The van der Waals surface area contributed by atoms with E-state index in [1.807, 2.05) is 0 Å². The lowest BCUT2D eigenvalue weighted by atomic mass is 10.1. The Morgan fingerprint density at radius 2 is 1.78 bits per heavy atom. The number of rotatable bonds is 5. The van der Waals surface area contributed by atoms with Gasteiger partial charge in [0, 0.05) is 4.88 Å². The van der Waals surface area contributed by atoms with Crippen LogP contribution in [-0.2, 0) is 4.74 Å². The largest absolute Gasteiger partial charge is 0.462 e. The van der Waals surface area contributed by atoms with E-state index in [9.17, 15) is 18.4 Å². The highest BCUT2D eigenvalue weighted by Gasteiger charge is 2.21. The van der Waals surface area contributed by atoms with Crippen molar-refractivity contribution in [2.45, 2.75) is 6.92 Å². The van der Waals surface area contributed by atoms with Crippen LogP contribution in [0.5, 0.6) is 0 Å². The Hall–Kier alpha value is -3.06. The van der Waals surface area contributed by atoms with Gasteiger partial charge in [-0.3, -0.25) is 4.79 Å². The molecule has 0 saturated carbocycles. The fourth-order valence-electron chi connectivity index (χ4n) is 2.42. The molecule has 3 rings (SSSR count). The summed E-state index contributed by atoms with van der Waals surface area (Å²) < 4.78 is 32.0. The number of halogens is 2. The van der Waals surface area contributed by atoms with Gasteiger partial charge in [0.25, 0.3) is 5.91 Å². The molecule has 1 heterocycles. The Morgan fingerprint density at radius 3 is 2.44 bits per heavy atom. The summed E-state index contributed by atoms with van der Waals surface area (Å²) in [6.45, 7) is 1.84. The van der Waals surface area contributed by atoms with Gasteiger partial charge in [-0.15, -0.1) is 11.3 Å². The van der Waals surface area contributed by atoms with Crippen LogP contribution in [0.3, 0.4) is 0 Å². The zero-order valence-electron chi connectivity index (χ0n) is 14.3. The van der Waals surface area contributed by atoms with Gasteiger partial charge >= 0.3 is 5.97 Å². The average molecular weight is 387 g/mol. The molecule has 1 aromatic heterocycles. The summed E-state index contributed by atoms with van der Waals surface area (Å²) in [5.74, 6) is -2.32. The summed E-state index contributed by atoms with van der Waals surface area (Å²) in [4.78, 5) is 25.5. The summed E-state index contributed by atoms with van der Waals surface area (Å²) in [6, 6.07) is 12.9. The minimum Gasteiger partial charge on any atom is -0.462 e. The van der Waals surface area contributed by atoms with Crippen molar-refractivity contribution < 1.29 is 23.1 Å². The van der Waals surface area contributed by atoms with E-state index in [1.165, 1.54) is 30.3 Å². The molecule has 4 nitrogen and oxygen atoms in total. The fourth-order valence-corrected chi connectivity index (χ4v) is 3.44.